The normalized spacial score (nSPS) is 12.1. The number of benzene rings is 2. The summed E-state index contributed by atoms with van der Waals surface area (Å²) in [6, 6.07) is 7.58. The van der Waals surface area contributed by atoms with Crippen LogP contribution >= 0.6 is 11.6 Å². The second-order valence-electron chi connectivity index (χ2n) is 6.81. The standard InChI is InChI=1S/C20H19ClN2O/c1-9(2)15-8-16(24)18-11(4)19-17(10(3)20(18)23-15)13-7-12(21)5-6-14(13)22-19/h5-9,22H,1-4H3,(H,23,24). The molecule has 2 aromatic carbocycles. The Bertz CT molecular complexity index is 1180. The molecule has 122 valence electrons. The molecular weight excluding hydrogens is 320 g/mol. The summed E-state index contributed by atoms with van der Waals surface area (Å²) in [6.07, 6.45) is 0. The summed E-state index contributed by atoms with van der Waals surface area (Å²) in [7, 11) is 0. The van der Waals surface area contributed by atoms with Gasteiger partial charge in [-0.25, -0.2) is 0 Å². The molecule has 0 aliphatic carbocycles. The lowest BCUT2D eigenvalue weighted by Gasteiger charge is -2.12. The third kappa shape index (κ3) is 2.01. The van der Waals surface area contributed by atoms with Crippen molar-refractivity contribution in [2.45, 2.75) is 33.6 Å². The molecule has 0 saturated carbocycles. The molecule has 0 aliphatic rings. The van der Waals surface area contributed by atoms with E-state index in [9.17, 15) is 4.79 Å². The minimum atomic E-state index is 0.0756. The zero-order valence-corrected chi connectivity index (χ0v) is 14.9. The van der Waals surface area contributed by atoms with Gasteiger partial charge < -0.3 is 9.97 Å². The van der Waals surface area contributed by atoms with Crippen LogP contribution in [0.3, 0.4) is 0 Å². The van der Waals surface area contributed by atoms with E-state index in [4.69, 9.17) is 11.6 Å². The van der Waals surface area contributed by atoms with Crippen molar-refractivity contribution in [2.24, 2.45) is 0 Å². The van der Waals surface area contributed by atoms with Crippen molar-refractivity contribution in [2.75, 3.05) is 0 Å². The first kappa shape index (κ1) is 15.3. The number of hydrogen-bond acceptors (Lipinski definition) is 1. The van der Waals surface area contributed by atoms with Crippen LogP contribution in [0.15, 0.2) is 29.1 Å². The minimum Gasteiger partial charge on any atom is -0.358 e. The zero-order chi connectivity index (χ0) is 17.2. The van der Waals surface area contributed by atoms with E-state index in [-0.39, 0.29) is 11.3 Å². The molecule has 0 bridgehead atoms. The van der Waals surface area contributed by atoms with E-state index < -0.39 is 0 Å². The quantitative estimate of drug-likeness (QED) is 0.469. The van der Waals surface area contributed by atoms with E-state index in [1.165, 1.54) is 0 Å². The largest absolute Gasteiger partial charge is 0.358 e. The first-order valence-corrected chi connectivity index (χ1v) is 8.53. The number of aryl methyl sites for hydroxylation is 2. The van der Waals surface area contributed by atoms with Gasteiger partial charge in [-0.2, -0.15) is 0 Å². The van der Waals surface area contributed by atoms with Crippen molar-refractivity contribution in [1.82, 2.24) is 9.97 Å². The molecule has 0 atom stereocenters. The molecule has 2 aromatic heterocycles. The predicted molar refractivity (Wildman–Crippen MR) is 103 cm³/mol. The van der Waals surface area contributed by atoms with Crippen LogP contribution in [0.1, 0.15) is 36.6 Å². The fraction of sp³-hybridized carbons (Fsp3) is 0.250. The Labute approximate surface area is 144 Å². The molecule has 3 nitrogen and oxygen atoms in total. The Morgan fingerprint density at radius 3 is 2.33 bits per heavy atom. The molecule has 0 radical (unpaired) electrons. The Morgan fingerprint density at radius 1 is 0.958 bits per heavy atom. The number of halogens is 1. The van der Waals surface area contributed by atoms with Crippen LogP contribution in [-0.4, -0.2) is 9.97 Å². The van der Waals surface area contributed by atoms with Crippen molar-refractivity contribution in [3.05, 3.63) is 56.3 Å². The van der Waals surface area contributed by atoms with Gasteiger partial charge >= 0.3 is 0 Å². The molecule has 4 rings (SSSR count). The maximum Gasteiger partial charge on any atom is 0.190 e. The second-order valence-corrected chi connectivity index (χ2v) is 7.24. The smallest absolute Gasteiger partial charge is 0.190 e. The van der Waals surface area contributed by atoms with Gasteiger partial charge in [0, 0.05) is 33.1 Å². The molecule has 0 spiro atoms. The lowest BCUT2D eigenvalue weighted by Crippen LogP contribution is -2.09. The number of hydrogen-bond donors (Lipinski definition) is 2. The van der Waals surface area contributed by atoms with Gasteiger partial charge in [-0.1, -0.05) is 25.4 Å². The van der Waals surface area contributed by atoms with Gasteiger partial charge in [-0.3, -0.25) is 4.79 Å². The first-order chi connectivity index (χ1) is 11.4. The summed E-state index contributed by atoms with van der Waals surface area (Å²) >= 11 is 6.21. The average molecular weight is 339 g/mol. The Kier molecular flexibility index (Phi) is 3.26. The molecule has 0 unspecified atom stereocenters. The van der Waals surface area contributed by atoms with Crippen molar-refractivity contribution < 1.29 is 0 Å². The molecule has 4 aromatic rings. The van der Waals surface area contributed by atoms with Gasteiger partial charge in [0.1, 0.15) is 0 Å². The van der Waals surface area contributed by atoms with Crippen molar-refractivity contribution >= 4 is 44.3 Å². The summed E-state index contributed by atoms with van der Waals surface area (Å²) in [5.41, 5.74) is 6.08. The van der Waals surface area contributed by atoms with Gasteiger partial charge in [0.2, 0.25) is 0 Å². The maximum atomic E-state index is 12.7. The van der Waals surface area contributed by atoms with E-state index in [0.29, 0.717) is 5.02 Å². The lowest BCUT2D eigenvalue weighted by molar-refractivity contribution is 0.828. The van der Waals surface area contributed by atoms with Gasteiger partial charge in [0.05, 0.1) is 16.4 Å². The molecule has 0 saturated heterocycles. The van der Waals surface area contributed by atoms with Crippen LogP contribution < -0.4 is 5.43 Å². The summed E-state index contributed by atoms with van der Waals surface area (Å²) in [5, 5.41) is 3.71. The predicted octanol–water partition coefficient (Wildman–Crippen LogP) is 5.56. The van der Waals surface area contributed by atoms with Gasteiger partial charge in [0.15, 0.2) is 5.43 Å². The molecule has 0 amide bonds. The van der Waals surface area contributed by atoms with E-state index in [1.54, 1.807) is 6.07 Å². The first-order valence-electron chi connectivity index (χ1n) is 8.15. The van der Waals surface area contributed by atoms with E-state index in [1.807, 2.05) is 25.1 Å². The van der Waals surface area contributed by atoms with E-state index in [2.05, 4.69) is 30.7 Å². The fourth-order valence-corrected chi connectivity index (χ4v) is 3.80. The highest BCUT2D eigenvalue weighted by Gasteiger charge is 2.17. The van der Waals surface area contributed by atoms with Crippen LogP contribution in [0.2, 0.25) is 5.02 Å². The number of pyridine rings is 1. The van der Waals surface area contributed by atoms with Gasteiger partial charge in [-0.15, -0.1) is 0 Å². The number of H-pyrrole nitrogens is 2. The Balaban J connectivity index is 2.30. The summed E-state index contributed by atoms with van der Waals surface area (Å²) < 4.78 is 0. The number of aromatic amines is 2. The van der Waals surface area contributed by atoms with Crippen LogP contribution in [-0.2, 0) is 0 Å². The summed E-state index contributed by atoms with van der Waals surface area (Å²) in [6.45, 7) is 8.25. The van der Waals surface area contributed by atoms with Crippen molar-refractivity contribution in [1.29, 1.82) is 0 Å². The molecule has 0 aliphatic heterocycles. The average Bonchev–Trinajstić information content (AvgIpc) is 2.90. The van der Waals surface area contributed by atoms with Gasteiger partial charge in [-0.05, 0) is 49.1 Å². The van der Waals surface area contributed by atoms with Crippen molar-refractivity contribution in [3.63, 3.8) is 0 Å². The molecule has 2 N–H and O–H groups in total. The Morgan fingerprint density at radius 2 is 1.62 bits per heavy atom. The third-order valence-electron chi connectivity index (χ3n) is 4.93. The third-order valence-corrected chi connectivity index (χ3v) is 5.17. The Hall–Kier alpha value is -2.26. The highest BCUT2D eigenvalue weighted by atomic mass is 35.5. The SMILES string of the molecule is Cc1c2[nH]c3ccc(Cl)cc3c2c(C)c2[nH]c(C(C)C)cc(=O)c12. The molecule has 24 heavy (non-hydrogen) atoms. The summed E-state index contributed by atoms with van der Waals surface area (Å²) in [5.74, 6) is 0.273. The number of aromatic nitrogens is 2. The fourth-order valence-electron chi connectivity index (χ4n) is 3.63. The number of nitrogens with one attached hydrogen (secondary N) is 2. The van der Waals surface area contributed by atoms with E-state index >= 15 is 0 Å². The molecule has 4 heteroatoms. The summed E-state index contributed by atoms with van der Waals surface area (Å²) in [4.78, 5) is 19.7. The second kappa shape index (κ2) is 5.12. The monoisotopic (exact) mass is 338 g/mol. The van der Waals surface area contributed by atoms with E-state index in [0.717, 1.165) is 49.5 Å². The number of rotatable bonds is 1. The van der Waals surface area contributed by atoms with Gasteiger partial charge in [0.25, 0.3) is 0 Å². The van der Waals surface area contributed by atoms with Crippen molar-refractivity contribution in [3.8, 4) is 0 Å². The van der Waals surface area contributed by atoms with Crippen LogP contribution in [0, 0.1) is 13.8 Å². The minimum absolute atomic E-state index is 0.0756. The molecule has 2 heterocycles. The molecular formula is C20H19ClN2O. The zero-order valence-electron chi connectivity index (χ0n) is 14.2. The van der Waals surface area contributed by atoms with Crippen LogP contribution in [0.5, 0.6) is 0 Å². The topological polar surface area (TPSA) is 48.6 Å². The maximum absolute atomic E-state index is 12.7. The highest BCUT2D eigenvalue weighted by Crippen LogP contribution is 2.36. The molecule has 0 fully saturated rings. The lowest BCUT2D eigenvalue weighted by atomic mass is 9.97. The van der Waals surface area contributed by atoms with Crippen LogP contribution in [0.25, 0.3) is 32.7 Å². The number of fused-ring (bicyclic) bond motifs is 4. The highest BCUT2D eigenvalue weighted by molar-refractivity contribution is 6.32. The van der Waals surface area contributed by atoms with Crippen LogP contribution in [0.4, 0.5) is 0 Å².